The first-order valence-corrected chi connectivity index (χ1v) is 8.01. The quantitative estimate of drug-likeness (QED) is 0.796. The number of hydrogen-bond acceptors (Lipinski definition) is 2. The van der Waals surface area contributed by atoms with Gasteiger partial charge < -0.3 is 15.7 Å². The molecular weight excluding hydrogens is 264 g/mol. The molecule has 0 aromatic heterocycles. The number of urea groups is 1. The zero-order chi connectivity index (χ0) is 14.7. The number of nitrogens with one attached hydrogen (secondary N) is 2. The average molecular weight is 288 g/mol. The molecular formula is C17H24N2O2. The Morgan fingerprint density at radius 3 is 2.71 bits per heavy atom. The molecule has 2 aliphatic rings. The van der Waals surface area contributed by atoms with Crippen molar-refractivity contribution in [2.75, 3.05) is 6.54 Å². The van der Waals surface area contributed by atoms with Crippen LogP contribution in [0, 0.1) is 5.92 Å². The van der Waals surface area contributed by atoms with Gasteiger partial charge in [-0.05, 0) is 36.7 Å². The lowest BCUT2D eigenvalue weighted by Crippen LogP contribution is -2.49. The smallest absolute Gasteiger partial charge is 0.315 e. The number of benzene rings is 1. The maximum atomic E-state index is 11.9. The zero-order valence-corrected chi connectivity index (χ0v) is 12.3. The van der Waals surface area contributed by atoms with E-state index in [1.165, 1.54) is 5.56 Å². The summed E-state index contributed by atoms with van der Waals surface area (Å²) in [5.41, 5.74) is 1.37. The first-order chi connectivity index (χ1) is 10.2. The Labute approximate surface area is 125 Å². The highest BCUT2D eigenvalue weighted by atomic mass is 16.3. The summed E-state index contributed by atoms with van der Waals surface area (Å²) in [5, 5.41) is 15.7. The predicted molar refractivity (Wildman–Crippen MR) is 82.1 cm³/mol. The molecule has 2 fully saturated rings. The lowest BCUT2D eigenvalue weighted by atomic mass is 9.93. The third-order valence-electron chi connectivity index (χ3n) is 4.72. The molecule has 0 spiro atoms. The molecule has 2 saturated carbocycles. The zero-order valence-electron chi connectivity index (χ0n) is 12.3. The van der Waals surface area contributed by atoms with Gasteiger partial charge in [-0.2, -0.15) is 0 Å². The molecule has 3 rings (SSSR count). The molecule has 4 heteroatoms. The van der Waals surface area contributed by atoms with E-state index in [9.17, 15) is 9.90 Å². The van der Waals surface area contributed by atoms with E-state index in [1.807, 2.05) is 6.07 Å². The monoisotopic (exact) mass is 288 g/mol. The minimum absolute atomic E-state index is 0.0807. The van der Waals surface area contributed by atoms with Crippen molar-refractivity contribution in [2.24, 2.45) is 5.92 Å². The van der Waals surface area contributed by atoms with Crippen LogP contribution in [0.2, 0.25) is 0 Å². The van der Waals surface area contributed by atoms with E-state index < -0.39 is 0 Å². The van der Waals surface area contributed by atoms with Crippen molar-refractivity contribution in [2.45, 2.75) is 50.2 Å². The van der Waals surface area contributed by atoms with Crippen LogP contribution in [0.5, 0.6) is 0 Å². The highest BCUT2D eigenvalue weighted by Crippen LogP contribution is 2.46. The van der Waals surface area contributed by atoms with Crippen LogP contribution in [0.3, 0.4) is 0 Å². The summed E-state index contributed by atoms with van der Waals surface area (Å²) in [6, 6.07) is 10.3. The number of aliphatic hydroxyl groups is 1. The summed E-state index contributed by atoms with van der Waals surface area (Å²) in [6.07, 6.45) is 4.58. The molecule has 0 radical (unpaired) electrons. The van der Waals surface area contributed by atoms with E-state index >= 15 is 0 Å². The van der Waals surface area contributed by atoms with E-state index in [-0.39, 0.29) is 18.2 Å². The Morgan fingerprint density at radius 1 is 1.19 bits per heavy atom. The van der Waals surface area contributed by atoms with Crippen LogP contribution >= 0.6 is 0 Å². The van der Waals surface area contributed by atoms with Gasteiger partial charge in [-0.25, -0.2) is 4.79 Å². The van der Waals surface area contributed by atoms with Crippen LogP contribution in [0.4, 0.5) is 4.79 Å². The molecule has 3 N–H and O–H groups in total. The van der Waals surface area contributed by atoms with Gasteiger partial charge in [0.05, 0.1) is 12.1 Å². The molecule has 0 saturated heterocycles. The second kappa shape index (κ2) is 6.48. The van der Waals surface area contributed by atoms with Crippen molar-refractivity contribution < 1.29 is 9.90 Å². The Bertz CT molecular complexity index is 477. The Morgan fingerprint density at radius 2 is 1.95 bits per heavy atom. The summed E-state index contributed by atoms with van der Waals surface area (Å²) in [5.74, 6) is 1.14. The van der Waals surface area contributed by atoms with Crippen molar-refractivity contribution in [3.8, 4) is 0 Å². The fourth-order valence-corrected chi connectivity index (χ4v) is 3.30. The molecule has 0 heterocycles. The minimum atomic E-state index is -0.387. The lowest BCUT2D eigenvalue weighted by Gasteiger charge is -2.28. The number of carbonyl (C=O) groups excluding carboxylic acids is 1. The second-order valence-electron chi connectivity index (χ2n) is 6.33. The van der Waals surface area contributed by atoms with Crippen LogP contribution in [0.1, 0.15) is 43.6 Å². The molecule has 4 nitrogen and oxygen atoms in total. The van der Waals surface area contributed by atoms with E-state index in [2.05, 4.69) is 34.9 Å². The highest BCUT2D eigenvalue weighted by Gasteiger charge is 2.38. The first-order valence-electron chi connectivity index (χ1n) is 8.01. The van der Waals surface area contributed by atoms with E-state index in [1.54, 1.807) is 0 Å². The van der Waals surface area contributed by atoms with Gasteiger partial charge in [-0.3, -0.25) is 0 Å². The van der Waals surface area contributed by atoms with Gasteiger partial charge >= 0.3 is 6.03 Å². The molecule has 0 aliphatic heterocycles. The molecule has 2 amide bonds. The molecule has 1 aromatic carbocycles. The molecule has 4 unspecified atom stereocenters. The molecule has 0 bridgehead atoms. The maximum absolute atomic E-state index is 11.9. The van der Waals surface area contributed by atoms with E-state index in [4.69, 9.17) is 0 Å². The Hall–Kier alpha value is -1.55. The van der Waals surface area contributed by atoms with Gasteiger partial charge in [0.2, 0.25) is 0 Å². The third kappa shape index (κ3) is 3.76. The normalized spacial score (nSPS) is 31.5. The van der Waals surface area contributed by atoms with Gasteiger partial charge in [0.15, 0.2) is 0 Å². The largest absolute Gasteiger partial charge is 0.391 e. The van der Waals surface area contributed by atoms with Gasteiger partial charge in [0.1, 0.15) is 0 Å². The number of amides is 2. The van der Waals surface area contributed by atoms with Crippen LogP contribution < -0.4 is 10.6 Å². The van der Waals surface area contributed by atoms with Crippen molar-refractivity contribution >= 4 is 6.03 Å². The van der Waals surface area contributed by atoms with Crippen LogP contribution in [-0.4, -0.2) is 29.8 Å². The molecule has 4 atom stereocenters. The lowest BCUT2D eigenvalue weighted by molar-refractivity contribution is 0.0943. The fraction of sp³-hybridized carbons (Fsp3) is 0.588. The van der Waals surface area contributed by atoms with Crippen molar-refractivity contribution in [1.82, 2.24) is 10.6 Å². The van der Waals surface area contributed by atoms with E-state index in [0.717, 1.165) is 32.1 Å². The molecule has 114 valence electrons. The Kier molecular flexibility index (Phi) is 4.44. The number of aliphatic hydroxyl groups excluding tert-OH is 1. The first kappa shape index (κ1) is 14.4. The minimum Gasteiger partial charge on any atom is -0.391 e. The van der Waals surface area contributed by atoms with Crippen LogP contribution in [0.15, 0.2) is 30.3 Å². The number of rotatable bonds is 4. The van der Waals surface area contributed by atoms with E-state index in [0.29, 0.717) is 18.4 Å². The standard InChI is InChI=1S/C17H24N2O2/c20-16-9-5-4-8-15(16)19-17(21)18-11-13-10-14(13)12-6-2-1-3-7-12/h1-3,6-7,13-16,20H,4-5,8-11H2,(H2,18,19,21). The van der Waals surface area contributed by atoms with Gasteiger partial charge in [-0.1, -0.05) is 43.2 Å². The van der Waals surface area contributed by atoms with Crippen molar-refractivity contribution in [1.29, 1.82) is 0 Å². The van der Waals surface area contributed by atoms with Crippen molar-refractivity contribution in [3.63, 3.8) is 0 Å². The Balaban J connectivity index is 1.39. The van der Waals surface area contributed by atoms with Crippen molar-refractivity contribution in [3.05, 3.63) is 35.9 Å². The van der Waals surface area contributed by atoms with Crippen LogP contribution in [-0.2, 0) is 0 Å². The van der Waals surface area contributed by atoms with Gasteiger partial charge in [0.25, 0.3) is 0 Å². The molecule has 1 aromatic rings. The number of carbonyl (C=O) groups is 1. The predicted octanol–water partition coefficient (Wildman–Crippen LogP) is 2.39. The average Bonchev–Trinajstić information content (AvgIpc) is 3.28. The summed E-state index contributed by atoms with van der Waals surface area (Å²) >= 11 is 0. The topological polar surface area (TPSA) is 61.4 Å². The van der Waals surface area contributed by atoms with Gasteiger partial charge in [0, 0.05) is 6.54 Å². The summed E-state index contributed by atoms with van der Waals surface area (Å²) in [7, 11) is 0. The second-order valence-corrected chi connectivity index (χ2v) is 6.33. The molecule has 21 heavy (non-hydrogen) atoms. The van der Waals surface area contributed by atoms with Gasteiger partial charge in [-0.15, -0.1) is 0 Å². The summed E-state index contributed by atoms with van der Waals surface area (Å²) in [4.78, 5) is 11.9. The third-order valence-corrected chi connectivity index (χ3v) is 4.72. The molecule has 2 aliphatic carbocycles. The maximum Gasteiger partial charge on any atom is 0.315 e. The fourth-order valence-electron chi connectivity index (χ4n) is 3.30. The highest BCUT2D eigenvalue weighted by molar-refractivity contribution is 5.74. The van der Waals surface area contributed by atoms with Crippen LogP contribution in [0.25, 0.3) is 0 Å². The summed E-state index contributed by atoms with van der Waals surface area (Å²) < 4.78 is 0. The SMILES string of the molecule is O=C(NCC1CC1c1ccccc1)NC1CCCCC1O. The summed E-state index contributed by atoms with van der Waals surface area (Å²) in [6.45, 7) is 0.716. The number of hydrogen-bond donors (Lipinski definition) is 3.